The van der Waals surface area contributed by atoms with Crippen molar-refractivity contribution in [2.75, 3.05) is 5.73 Å². The van der Waals surface area contributed by atoms with Crippen molar-refractivity contribution in [3.63, 3.8) is 0 Å². The van der Waals surface area contributed by atoms with Crippen LogP contribution < -0.4 is 10.5 Å². The molecule has 0 spiro atoms. The number of carboxylic acid groups (broad SMARTS) is 1. The largest absolute Gasteiger partial charge is 0.478 e. The van der Waals surface area contributed by atoms with Crippen LogP contribution in [0.3, 0.4) is 0 Å². The Morgan fingerprint density at radius 3 is 2.48 bits per heavy atom. The van der Waals surface area contributed by atoms with Gasteiger partial charge in [-0.15, -0.1) is 0 Å². The number of carbonyl (C=O) groups is 1. The summed E-state index contributed by atoms with van der Waals surface area (Å²) >= 11 is 0. The number of aromatic carboxylic acids is 1. The second-order valence-corrected chi connectivity index (χ2v) is 7.38. The van der Waals surface area contributed by atoms with Crippen molar-refractivity contribution in [3.8, 4) is 0 Å². The topological polar surface area (TPSA) is 109 Å². The Kier molecular flexibility index (Phi) is 4.25. The van der Waals surface area contributed by atoms with Gasteiger partial charge in [-0.05, 0) is 42.9 Å². The molecule has 21 heavy (non-hydrogen) atoms. The number of hydrogen-bond acceptors (Lipinski definition) is 4. The van der Waals surface area contributed by atoms with Crippen LogP contribution in [0.15, 0.2) is 23.1 Å². The lowest BCUT2D eigenvalue weighted by Gasteiger charge is -2.20. The lowest BCUT2D eigenvalue weighted by atomic mass is 9.98. The van der Waals surface area contributed by atoms with Crippen LogP contribution in [0.4, 0.5) is 5.69 Å². The molecular formula is C14H20N2O4S. The molecule has 1 fully saturated rings. The molecule has 0 saturated heterocycles. The van der Waals surface area contributed by atoms with Crippen molar-refractivity contribution in [1.82, 2.24) is 4.72 Å². The number of benzene rings is 1. The lowest BCUT2D eigenvalue weighted by Crippen LogP contribution is -2.37. The highest BCUT2D eigenvalue weighted by Gasteiger charge is 2.33. The van der Waals surface area contributed by atoms with E-state index in [4.69, 9.17) is 10.8 Å². The fraction of sp³-hybridized carbons (Fsp3) is 0.500. The molecule has 0 bridgehead atoms. The number of rotatable bonds is 4. The molecule has 0 heterocycles. The van der Waals surface area contributed by atoms with E-state index < -0.39 is 16.0 Å². The molecule has 3 unspecified atom stereocenters. The predicted octanol–water partition coefficient (Wildman–Crippen LogP) is 1.68. The maximum atomic E-state index is 12.4. The molecule has 0 aromatic heterocycles. The minimum Gasteiger partial charge on any atom is -0.478 e. The van der Waals surface area contributed by atoms with E-state index in [0.717, 1.165) is 18.9 Å². The van der Waals surface area contributed by atoms with Crippen LogP contribution in [0.1, 0.15) is 37.0 Å². The Balaban J connectivity index is 2.26. The van der Waals surface area contributed by atoms with Crippen molar-refractivity contribution in [1.29, 1.82) is 0 Å². The first-order valence-electron chi connectivity index (χ1n) is 6.87. The average Bonchev–Trinajstić information content (AvgIpc) is 2.69. The molecule has 2 rings (SSSR count). The molecule has 6 nitrogen and oxygen atoms in total. The quantitative estimate of drug-likeness (QED) is 0.733. The number of hydrogen-bond donors (Lipinski definition) is 3. The van der Waals surface area contributed by atoms with E-state index in [2.05, 4.69) is 11.6 Å². The third-order valence-electron chi connectivity index (χ3n) is 4.32. The fourth-order valence-corrected chi connectivity index (χ4v) is 4.19. The van der Waals surface area contributed by atoms with Gasteiger partial charge in [-0.1, -0.05) is 13.8 Å². The first-order valence-corrected chi connectivity index (χ1v) is 8.36. The van der Waals surface area contributed by atoms with Gasteiger partial charge in [-0.3, -0.25) is 0 Å². The first-order chi connectivity index (χ1) is 9.72. The van der Waals surface area contributed by atoms with Gasteiger partial charge >= 0.3 is 5.97 Å². The van der Waals surface area contributed by atoms with Gasteiger partial charge in [-0.2, -0.15) is 0 Å². The molecule has 0 amide bonds. The van der Waals surface area contributed by atoms with Gasteiger partial charge in [0.1, 0.15) is 4.90 Å². The fourth-order valence-electron chi connectivity index (χ4n) is 2.72. The number of nitrogen functional groups attached to an aromatic ring is 1. The number of nitrogens with two attached hydrogens (primary N) is 1. The molecule has 0 aliphatic heterocycles. The number of carboxylic acids is 1. The minimum absolute atomic E-state index is 0.0330. The molecule has 7 heteroatoms. The van der Waals surface area contributed by atoms with Crippen LogP contribution in [0.25, 0.3) is 0 Å². The minimum atomic E-state index is -3.74. The predicted molar refractivity (Wildman–Crippen MR) is 79.5 cm³/mol. The van der Waals surface area contributed by atoms with Crippen LogP contribution >= 0.6 is 0 Å². The average molecular weight is 312 g/mol. The van der Waals surface area contributed by atoms with Gasteiger partial charge in [0.25, 0.3) is 0 Å². The summed E-state index contributed by atoms with van der Waals surface area (Å²) in [6.45, 7) is 4.14. The zero-order valence-electron chi connectivity index (χ0n) is 12.0. The number of sulfonamides is 1. The molecule has 1 aliphatic rings. The van der Waals surface area contributed by atoms with Gasteiger partial charge in [0.2, 0.25) is 10.0 Å². The summed E-state index contributed by atoms with van der Waals surface area (Å²) in [6, 6.07) is 3.54. The van der Waals surface area contributed by atoms with Crippen molar-refractivity contribution in [2.24, 2.45) is 11.8 Å². The number of anilines is 1. The van der Waals surface area contributed by atoms with Crippen LogP contribution in [-0.2, 0) is 10.0 Å². The zero-order chi connectivity index (χ0) is 15.8. The van der Waals surface area contributed by atoms with Gasteiger partial charge in [0.05, 0.1) is 11.3 Å². The molecule has 116 valence electrons. The van der Waals surface area contributed by atoms with Crippen molar-refractivity contribution in [2.45, 2.75) is 37.6 Å². The number of nitrogens with one attached hydrogen (secondary N) is 1. The van der Waals surface area contributed by atoms with Gasteiger partial charge in [0, 0.05) is 6.04 Å². The van der Waals surface area contributed by atoms with Gasteiger partial charge in [0.15, 0.2) is 0 Å². The van der Waals surface area contributed by atoms with E-state index in [1.165, 1.54) is 12.1 Å². The molecule has 4 N–H and O–H groups in total. The second kappa shape index (κ2) is 5.65. The molecule has 1 aliphatic carbocycles. The Bertz CT molecular complexity index is 657. The SMILES string of the molecule is CC1CCC(NS(=O)(=O)c2ccc(C(=O)O)cc2N)C1C. The Hall–Kier alpha value is -1.60. The maximum absolute atomic E-state index is 12.4. The van der Waals surface area contributed by atoms with E-state index in [1.54, 1.807) is 0 Å². The van der Waals surface area contributed by atoms with Crippen LogP contribution in [0, 0.1) is 11.8 Å². The van der Waals surface area contributed by atoms with E-state index in [1.807, 2.05) is 6.92 Å². The summed E-state index contributed by atoms with van der Waals surface area (Å²) < 4.78 is 27.5. The maximum Gasteiger partial charge on any atom is 0.335 e. The smallest absolute Gasteiger partial charge is 0.335 e. The monoisotopic (exact) mass is 312 g/mol. The van der Waals surface area contributed by atoms with Gasteiger partial charge < -0.3 is 10.8 Å². The van der Waals surface area contributed by atoms with E-state index >= 15 is 0 Å². The van der Waals surface area contributed by atoms with Gasteiger partial charge in [-0.25, -0.2) is 17.9 Å². The molecular weight excluding hydrogens is 292 g/mol. The zero-order valence-corrected chi connectivity index (χ0v) is 12.9. The second-order valence-electron chi connectivity index (χ2n) is 5.70. The van der Waals surface area contributed by atoms with Crippen molar-refractivity contribution >= 4 is 21.7 Å². The van der Waals surface area contributed by atoms with Crippen molar-refractivity contribution < 1.29 is 18.3 Å². The van der Waals surface area contributed by atoms with E-state index in [0.29, 0.717) is 5.92 Å². The first kappa shape index (κ1) is 15.8. The summed E-state index contributed by atoms with van der Waals surface area (Å²) in [5, 5.41) is 8.88. The summed E-state index contributed by atoms with van der Waals surface area (Å²) in [5.74, 6) is -0.402. The molecule has 1 aromatic carbocycles. The molecule has 1 aromatic rings. The summed E-state index contributed by atoms with van der Waals surface area (Å²) in [5.41, 5.74) is 5.61. The Morgan fingerprint density at radius 1 is 1.33 bits per heavy atom. The third-order valence-corrected chi connectivity index (χ3v) is 5.88. The molecule has 1 saturated carbocycles. The molecule has 0 radical (unpaired) electrons. The van der Waals surface area contributed by atoms with Crippen LogP contribution in [0.5, 0.6) is 0 Å². The Morgan fingerprint density at radius 2 is 2.00 bits per heavy atom. The van der Waals surface area contributed by atoms with E-state index in [-0.39, 0.29) is 28.1 Å². The highest BCUT2D eigenvalue weighted by atomic mass is 32.2. The standard InChI is InChI=1S/C14H20N2O4S/c1-8-3-5-12(9(8)2)16-21(19,20)13-6-4-10(14(17)18)7-11(13)15/h4,6-9,12,16H,3,5,15H2,1-2H3,(H,17,18). The van der Waals surface area contributed by atoms with Crippen LogP contribution in [-0.4, -0.2) is 25.5 Å². The van der Waals surface area contributed by atoms with Crippen molar-refractivity contribution in [3.05, 3.63) is 23.8 Å². The summed E-state index contributed by atoms with van der Waals surface area (Å²) in [6.07, 6.45) is 1.79. The highest BCUT2D eigenvalue weighted by molar-refractivity contribution is 7.89. The third kappa shape index (κ3) is 3.19. The normalized spacial score (nSPS) is 25.9. The molecule has 3 atom stereocenters. The van der Waals surface area contributed by atoms with E-state index in [9.17, 15) is 13.2 Å². The summed E-state index contributed by atoms with van der Waals surface area (Å²) in [7, 11) is -3.74. The highest BCUT2D eigenvalue weighted by Crippen LogP contribution is 2.32. The van der Waals surface area contributed by atoms with Crippen LogP contribution in [0.2, 0.25) is 0 Å². The summed E-state index contributed by atoms with van der Waals surface area (Å²) in [4.78, 5) is 10.8. The Labute approximate surface area is 124 Å². The lowest BCUT2D eigenvalue weighted by molar-refractivity contribution is 0.0697.